The topological polar surface area (TPSA) is 264 Å². The number of ether oxygens (including phenoxy) is 1. The van der Waals surface area contributed by atoms with Crippen LogP contribution in [-0.2, 0) is 31.6 Å². The number of H-pyrrole nitrogens is 1. The first kappa shape index (κ1) is 29.5. The molecule has 0 spiro atoms. The molecule has 31 heavy (non-hydrogen) atoms. The average molecular weight is 586 g/mol. The first-order valence-corrected chi connectivity index (χ1v) is 12.6. The van der Waals surface area contributed by atoms with E-state index in [1.165, 1.54) is 0 Å². The number of aliphatic hydroxyl groups excluding tert-OH is 2. The van der Waals surface area contributed by atoms with Gasteiger partial charge in [-0.15, -0.1) is 0 Å². The number of hydrogen-bond acceptors (Lipinski definition) is 11. The molecule has 0 aliphatic carbocycles. The van der Waals surface area contributed by atoms with Gasteiger partial charge in [0, 0.05) is 35.8 Å². The summed E-state index contributed by atoms with van der Waals surface area (Å²) in [5.41, 5.74) is -1.80. The van der Waals surface area contributed by atoms with Gasteiger partial charge in [-0.05, 0) is 15.9 Å². The zero-order valence-corrected chi connectivity index (χ0v) is 21.4. The first-order valence-electron chi connectivity index (χ1n) is 7.32. The van der Waals surface area contributed by atoms with Crippen molar-refractivity contribution in [2.75, 3.05) is 6.61 Å². The Balaban J connectivity index is 0.00000480. The molecular formula is C9H14BrN2NaO15P3. The second-order valence-corrected chi connectivity index (χ2v) is 10.9. The Morgan fingerprint density at radius 3 is 2.19 bits per heavy atom. The van der Waals surface area contributed by atoms with Gasteiger partial charge in [0.25, 0.3) is 5.56 Å². The Hall–Kier alpha value is 0.450. The third kappa shape index (κ3) is 8.31. The number of nitrogens with one attached hydrogen (secondary N) is 1. The summed E-state index contributed by atoms with van der Waals surface area (Å²) in [6.07, 6.45) is -5.80. The molecule has 22 heteroatoms. The quantitative estimate of drug-likeness (QED) is 0.127. The Bertz CT molecular complexity index is 1050. The maximum atomic E-state index is 11.9. The van der Waals surface area contributed by atoms with Crippen molar-refractivity contribution in [2.45, 2.75) is 24.5 Å². The van der Waals surface area contributed by atoms with Crippen LogP contribution in [0.25, 0.3) is 0 Å². The molecule has 0 bridgehead atoms. The van der Waals surface area contributed by atoms with Gasteiger partial charge < -0.3 is 34.5 Å². The van der Waals surface area contributed by atoms with E-state index >= 15 is 0 Å². The molecule has 6 atom stereocenters. The van der Waals surface area contributed by atoms with Crippen molar-refractivity contribution in [1.82, 2.24) is 9.55 Å². The van der Waals surface area contributed by atoms with Gasteiger partial charge in [0.15, 0.2) is 6.23 Å². The van der Waals surface area contributed by atoms with Gasteiger partial charge in [-0.25, -0.2) is 18.5 Å². The average Bonchev–Trinajstić information content (AvgIpc) is 2.81. The minimum atomic E-state index is -5.74. The molecule has 173 valence electrons. The van der Waals surface area contributed by atoms with Gasteiger partial charge in [-0.1, -0.05) is 0 Å². The van der Waals surface area contributed by atoms with Crippen molar-refractivity contribution in [3.05, 3.63) is 31.5 Å². The number of aromatic nitrogens is 2. The third-order valence-corrected chi connectivity index (χ3v) is 7.72. The number of nitrogens with zero attached hydrogens (tertiary/aromatic N) is 1. The minimum absolute atomic E-state index is 0. The van der Waals surface area contributed by atoms with Crippen molar-refractivity contribution >= 4 is 69.0 Å². The molecule has 2 heterocycles. The summed E-state index contributed by atoms with van der Waals surface area (Å²) in [6, 6.07) is 0. The van der Waals surface area contributed by atoms with Crippen LogP contribution in [0, 0.1) is 0 Å². The van der Waals surface area contributed by atoms with Gasteiger partial charge in [0.05, 0.1) is 11.1 Å². The molecule has 0 amide bonds. The molecular weight excluding hydrogens is 572 g/mol. The van der Waals surface area contributed by atoms with Crippen LogP contribution < -0.4 is 11.2 Å². The summed E-state index contributed by atoms with van der Waals surface area (Å²) in [5.74, 6) is 0. The van der Waals surface area contributed by atoms with E-state index in [0.717, 1.165) is 6.20 Å². The van der Waals surface area contributed by atoms with Gasteiger partial charge in [0.1, 0.15) is 18.3 Å². The van der Waals surface area contributed by atoms with Crippen LogP contribution in [0.1, 0.15) is 6.23 Å². The molecule has 1 aliphatic heterocycles. The molecule has 1 aliphatic rings. The summed E-state index contributed by atoms with van der Waals surface area (Å²) in [5, 5.41) is 20.0. The maximum Gasteiger partial charge on any atom is 0.490 e. The largest absolute Gasteiger partial charge is 0.490 e. The summed E-state index contributed by atoms with van der Waals surface area (Å²) in [7, 11) is -16.8. The normalized spacial score (nSPS) is 27.8. The fraction of sp³-hybridized carbons (Fsp3) is 0.556. The monoisotopic (exact) mass is 585 g/mol. The number of phosphoric acid groups is 3. The van der Waals surface area contributed by atoms with Crippen LogP contribution in [0.5, 0.6) is 0 Å². The molecule has 1 radical (unpaired) electrons. The van der Waals surface area contributed by atoms with E-state index in [0.29, 0.717) is 4.57 Å². The van der Waals surface area contributed by atoms with E-state index in [1.54, 1.807) is 0 Å². The van der Waals surface area contributed by atoms with Crippen LogP contribution in [0.15, 0.2) is 20.3 Å². The predicted octanol–water partition coefficient (Wildman–Crippen LogP) is -2.12. The SMILES string of the molecule is O=c1[nH]c(=O)n([C@@H]2O[C@H](COP(=O)(O)OP(=O)(O)OP(=O)(O)O)[C@@H](O)[C@H]2O)cc1Br.[Na]. The zero-order valence-electron chi connectivity index (χ0n) is 15.1. The van der Waals surface area contributed by atoms with Crippen LogP contribution in [0.3, 0.4) is 0 Å². The molecule has 7 N–H and O–H groups in total. The van der Waals surface area contributed by atoms with Crippen LogP contribution >= 0.6 is 39.4 Å². The Kier molecular flexibility index (Phi) is 10.3. The summed E-state index contributed by atoms with van der Waals surface area (Å²) < 4.78 is 50.6. The summed E-state index contributed by atoms with van der Waals surface area (Å²) in [6.45, 7) is -1.06. The number of rotatable bonds is 8. The van der Waals surface area contributed by atoms with E-state index in [-0.39, 0.29) is 34.0 Å². The summed E-state index contributed by atoms with van der Waals surface area (Å²) in [4.78, 5) is 60.5. The maximum absolute atomic E-state index is 11.9. The molecule has 0 aromatic carbocycles. The van der Waals surface area contributed by atoms with Crippen molar-refractivity contribution in [1.29, 1.82) is 0 Å². The Morgan fingerprint density at radius 1 is 1.06 bits per heavy atom. The number of halogens is 1. The van der Waals surface area contributed by atoms with Crippen LogP contribution in [-0.4, -0.2) is 93.8 Å². The van der Waals surface area contributed by atoms with Crippen molar-refractivity contribution in [2.24, 2.45) is 0 Å². The number of aliphatic hydroxyl groups is 2. The molecule has 1 saturated heterocycles. The van der Waals surface area contributed by atoms with Crippen molar-refractivity contribution in [3.8, 4) is 0 Å². The fourth-order valence-electron chi connectivity index (χ4n) is 2.22. The molecule has 17 nitrogen and oxygen atoms in total. The standard InChI is InChI=1S/C9H14BrN2O15P3.Na/c10-3-1-12(9(16)11-7(3)15)8-6(14)5(13)4(25-8)2-24-29(20,21)27-30(22,23)26-28(17,18)19;/h1,4-6,8,13-14H,2H2,(H,20,21)(H,22,23)(H,11,15,16)(H2,17,18,19);/t4-,5-,6-,8-;/m1./s1. The van der Waals surface area contributed by atoms with E-state index in [1.807, 2.05) is 4.98 Å². The van der Waals surface area contributed by atoms with E-state index in [9.17, 15) is 38.4 Å². The molecule has 0 saturated carbocycles. The van der Waals surface area contributed by atoms with E-state index in [2.05, 4.69) is 29.1 Å². The molecule has 1 aromatic heterocycles. The predicted molar refractivity (Wildman–Crippen MR) is 101 cm³/mol. The van der Waals surface area contributed by atoms with Gasteiger partial charge in [0.2, 0.25) is 0 Å². The minimum Gasteiger partial charge on any atom is -0.387 e. The van der Waals surface area contributed by atoms with Crippen molar-refractivity contribution in [3.63, 3.8) is 0 Å². The Labute approximate surface area is 201 Å². The molecule has 1 aromatic rings. The summed E-state index contributed by atoms with van der Waals surface area (Å²) >= 11 is 2.85. The van der Waals surface area contributed by atoms with Gasteiger partial charge in [-0.3, -0.25) is 18.9 Å². The Morgan fingerprint density at radius 2 is 1.65 bits per heavy atom. The fourth-order valence-corrected chi connectivity index (χ4v) is 5.57. The van der Waals surface area contributed by atoms with Crippen molar-refractivity contribution < 1.29 is 61.4 Å². The smallest absolute Gasteiger partial charge is 0.387 e. The molecule has 2 rings (SSSR count). The number of hydrogen-bond donors (Lipinski definition) is 7. The number of phosphoric ester groups is 1. The van der Waals surface area contributed by atoms with E-state index < -0.39 is 65.9 Å². The van der Waals surface area contributed by atoms with Crippen LogP contribution in [0.2, 0.25) is 0 Å². The number of aromatic amines is 1. The first-order chi connectivity index (χ1) is 13.5. The van der Waals surface area contributed by atoms with Gasteiger partial charge in [-0.2, -0.15) is 8.62 Å². The van der Waals surface area contributed by atoms with Crippen LogP contribution in [0.4, 0.5) is 0 Å². The molecule has 2 unspecified atom stereocenters. The zero-order chi connectivity index (χ0) is 23.1. The second-order valence-electron chi connectivity index (χ2n) is 5.58. The van der Waals surface area contributed by atoms with E-state index in [4.69, 9.17) is 19.4 Å². The second kappa shape index (κ2) is 10.8. The third-order valence-electron chi connectivity index (χ3n) is 3.35. The molecule has 1 fully saturated rings. The van der Waals surface area contributed by atoms with Gasteiger partial charge >= 0.3 is 29.2 Å².